The number of rotatable bonds is 1. The van der Waals surface area contributed by atoms with Crippen molar-refractivity contribution in [2.24, 2.45) is 0 Å². The molecule has 0 spiro atoms. The first kappa shape index (κ1) is 10.3. The fraction of sp³-hybridized carbons (Fsp3) is 0.111. The van der Waals surface area contributed by atoms with Crippen LogP contribution in [-0.4, -0.2) is 11.9 Å². The summed E-state index contributed by atoms with van der Waals surface area (Å²) in [6.07, 6.45) is 0.750. The molecule has 0 unspecified atom stereocenters. The molecule has 1 rings (SSSR count). The van der Waals surface area contributed by atoms with Gasteiger partial charge < -0.3 is 0 Å². The van der Waals surface area contributed by atoms with Gasteiger partial charge >= 0.3 is 0 Å². The van der Waals surface area contributed by atoms with E-state index in [0.29, 0.717) is 0 Å². The molecule has 0 amide bonds. The van der Waals surface area contributed by atoms with E-state index in [-0.39, 0.29) is 5.78 Å². The summed E-state index contributed by atoms with van der Waals surface area (Å²) in [5, 5.41) is 5.40. The highest BCUT2D eigenvalue weighted by Crippen LogP contribution is 1.97. The molecule has 12 heavy (non-hydrogen) atoms. The molecule has 0 aliphatic rings. The second kappa shape index (κ2) is 6.01. The van der Waals surface area contributed by atoms with E-state index in [1.807, 2.05) is 30.3 Å². The molecule has 3 heteroatoms. The maximum absolute atomic E-state index is 10.6. The Bertz CT molecular complexity index is 274. The molecule has 0 saturated carbocycles. The van der Waals surface area contributed by atoms with Gasteiger partial charge in [-0.3, -0.25) is 4.79 Å². The Balaban J connectivity index is 0.000000354. The van der Waals surface area contributed by atoms with Gasteiger partial charge in [-0.15, -0.1) is 0 Å². The molecule has 0 aromatic heterocycles. The SMILES string of the molecule is CC(=O)c1ccccc1.N=C=O. The van der Waals surface area contributed by atoms with E-state index in [1.54, 1.807) is 6.92 Å². The molecular weight excluding hydrogens is 154 g/mol. The number of Topliss-reactive ketones (excluding diaryl/α,β-unsaturated/α-hetero) is 1. The zero-order valence-corrected chi connectivity index (χ0v) is 6.70. The zero-order valence-electron chi connectivity index (χ0n) is 6.70. The Kier molecular flexibility index (Phi) is 5.14. The average molecular weight is 163 g/mol. The summed E-state index contributed by atoms with van der Waals surface area (Å²) in [5.41, 5.74) is 0.775. The van der Waals surface area contributed by atoms with Gasteiger partial charge in [0.05, 0.1) is 0 Å². The van der Waals surface area contributed by atoms with Crippen molar-refractivity contribution in [3.63, 3.8) is 0 Å². The van der Waals surface area contributed by atoms with Gasteiger partial charge in [-0.25, -0.2) is 10.2 Å². The molecule has 0 aliphatic heterocycles. The van der Waals surface area contributed by atoms with Crippen molar-refractivity contribution in [3.05, 3.63) is 35.9 Å². The first-order valence-corrected chi connectivity index (χ1v) is 3.32. The van der Waals surface area contributed by atoms with Gasteiger partial charge in [-0.05, 0) is 6.92 Å². The van der Waals surface area contributed by atoms with Crippen molar-refractivity contribution in [1.82, 2.24) is 0 Å². The van der Waals surface area contributed by atoms with Gasteiger partial charge in [0.1, 0.15) is 0 Å². The molecule has 1 N–H and O–H groups in total. The van der Waals surface area contributed by atoms with Crippen LogP contribution < -0.4 is 0 Å². The van der Waals surface area contributed by atoms with Crippen LogP contribution in [0.5, 0.6) is 0 Å². The third kappa shape index (κ3) is 4.14. The molecular formula is C9H9NO2. The topological polar surface area (TPSA) is 58.0 Å². The van der Waals surface area contributed by atoms with E-state index < -0.39 is 0 Å². The molecule has 1 aromatic carbocycles. The third-order valence-electron chi connectivity index (χ3n) is 1.18. The van der Waals surface area contributed by atoms with Crippen molar-refractivity contribution in [2.45, 2.75) is 6.92 Å². The lowest BCUT2D eigenvalue weighted by molar-refractivity contribution is 0.101. The maximum Gasteiger partial charge on any atom is 0.231 e. The monoisotopic (exact) mass is 163 g/mol. The highest BCUT2D eigenvalue weighted by Gasteiger charge is 1.92. The van der Waals surface area contributed by atoms with E-state index in [2.05, 4.69) is 0 Å². The fourth-order valence-electron chi connectivity index (χ4n) is 0.673. The molecule has 3 nitrogen and oxygen atoms in total. The van der Waals surface area contributed by atoms with Crippen molar-refractivity contribution in [2.75, 3.05) is 0 Å². The predicted molar refractivity (Wildman–Crippen MR) is 44.9 cm³/mol. The number of carbonyl (C=O) groups excluding carboxylic acids is 2. The smallest absolute Gasteiger partial charge is 0.231 e. The van der Waals surface area contributed by atoms with E-state index >= 15 is 0 Å². The number of ketones is 1. The maximum atomic E-state index is 10.6. The molecule has 1 aromatic rings. The van der Waals surface area contributed by atoms with Crippen LogP contribution in [0.4, 0.5) is 0 Å². The number of carbonyl (C=O) groups is 1. The van der Waals surface area contributed by atoms with Crippen molar-refractivity contribution >= 4 is 11.9 Å². The second-order valence-electron chi connectivity index (χ2n) is 2.02. The summed E-state index contributed by atoms with van der Waals surface area (Å²) >= 11 is 0. The van der Waals surface area contributed by atoms with Crippen molar-refractivity contribution in [3.8, 4) is 0 Å². The zero-order chi connectivity index (χ0) is 9.40. The van der Waals surface area contributed by atoms with E-state index in [0.717, 1.165) is 11.6 Å². The summed E-state index contributed by atoms with van der Waals surface area (Å²) < 4.78 is 0. The van der Waals surface area contributed by atoms with Crippen LogP contribution in [-0.2, 0) is 4.79 Å². The molecule has 0 aliphatic carbocycles. The number of benzene rings is 1. The van der Waals surface area contributed by atoms with Crippen LogP contribution in [0.15, 0.2) is 30.3 Å². The third-order valence-corrected chi connectivity index (χ3v) is 1.18. The number of hydrogen-bond acceptors (Lipinski definition) is 3. The quantitative estimate of drug-likeness (QED) is 0.390. The minimum Gasteiger partial charge on any atom is -0.295 e. The minimum atomic E-state index is 0.121. The fourth-order valence-corrected chi connectivity index (χ4v) is 0.673. The van der Waals surface area contributed by atoms with E-state index in [4.69, 9.17) is 10.2 Å². The van der Waals surface area contributed by atoms with Crippen LogP contribution in [0.1, 0.15) is 17.3 Å². The average Bonchev–Trinajstić information content (AvgIpc) is 2.07. The molecule has 0 heterocycles. The molecule has 62 valence electrons. The first-order chi connectivity index (χ1) is 5.72. The summed E-state index contributed by atoms with van der Waals surface area (Å²) in [4.78, 5) is 19.0. The Morgan fingerprint density at radius 2 is 1.75 bits per heavy atom. The van der Waals surface area contributed by atoms with Gasteiger partial charge in [0.25, 0.3) is 0 Å². The molecule has 0 bridgehead atoms. The van der Waals surface area contributed by atoms with Gasteiger partial charge in [0.2, 0.25) is 6.08 Å². The van der Waals surface area contributed by atoms with Gasteiger partial charge in [0, 0.05) is 5.56 Å². The predicted octanol–water partition coefficient (Wildman–Crippen LogP) is 1.79. The Hall–Kier alpha value is -1.73. The van der Waals surface area contributed by atoms with Gasteiger partial charge in [-0.1, -0.05) is 30.3 Å². The summed E-state index contributed by atoms with van der Waals surface area (Å²) in [7, 11) is 0. The Morgan fingerprint density at radius 3 is 2.00 bits per heavy atom. The molecule has 0 saturated heterocycles. The highest BCUT2D eigenvalue weighted by atomic mass is 16.1. The number of hydrogen-bond donors (Lipinski definition) is 1. The standard InChI is InChI=1S/C8H8O.CHNO/c1-7(9)8-5-3-2-4-6-8;2-1-3/h2-6H,1H3;2H. The Labute approximate surface area is 70.5 Å². The number of isocyanates is 1. The summed E-state index contributed by atoms with van der Waals surface area (Å²) in [5.74, 6) is 0.121. The lowest BCUT2D eigenvalue weighted by atomic mass is 10.2. The van der Waals surface area contributed by atoms with Crippen molar-refractivity contribution < 1.29 is 9.59 Å². The lowest BCUT2D eigenvalue weighted by Crippen LogP contribution is -1.88. The molecule has 0 atom stereocenters. The minimum absolute atomic E-state index is 0.121. The highest BCUT2D eigenvalue weighted by molar-refractivity contribution is 5.93. The van der Waals surface area contributed by atoms with E-state index in [1.165, 1.54) is 0 Å². The summed E-state index contributed by atoms with van der Waals surface area (Å²) in [6, 6.07) is 9.23. The van der Waals surface area contributed by atoms with Gasteiger partial charge in [0.15, 0.2) is 5.78 Å². The second-order valence-corrected chi connectivity index (χ2v) is 2.02. The first-order valence-electron chi connectivity index (χ1n) is 3.32. The normalized spacial score (nSPS) is 7.42. The van der Waals surface area contributed by atoms with Crippen LogP contribution in [0.25, 0.3) is 0 Å². The van der Waals surface area contributed by atoms with Crippen molar-refractivity contribution in [1.29, 1.82) is 5.41 Å². The van der Waals surface area contributed by atoms with Crippen LogP contribution in [0, 0.1) is 5.41 Å². The van der Waals surface area contributed by atoms with E-state index in [9.17, 15) is 4.79 Å². The molecule has 0 radical (unpaired) electrons. The van der Waals surface area contributed by atoms with Gasteiger partial charge in [-0.2, -0.15) is 0 Å². The van der Waals surface area contributed by atoms with Crippen LogP contribution in [0.2, 0.25) is 0 Å². The largest absolute Gasteiger partial charge is 0.295 e. The molecule has 0 fully saturated rings. The van der Waals surface area contributed by atoms with Crippen LogP contribution in [0.3, 0.4) is 0 Å². The Morgan fingerprint density at radius 1 is 1.33 bits per heavy atom. The lowest BCUT2D eigenvalue weighted by Gasteiger charge is -1.89. The van der Waals surface area contributed by atoms with Crippen LogP contribution >= 0.6 is 0 Å². The number of nitrogens with one attached hydrogen (secondary N) is 1. The summed E-state index contributed by atoms with van der Waals surface area (Å²) in [6.45, 7) is 1.56.